The van der Waals surface area contributed by atoms with E-state index in [4.69, 9.17) is 0 Å². The number of likely N-dealkylation sites (N-methyl/N-ethyl adjacent to an activating group) is 1. The number of hydrogen-bond donors (Lipinski definition) is 1. The third kappa shape index (κ3) is 2.15. The molecule has 1 fully saturated rings. The molecular formula is C14H18N4O. The number of piperazine rings is 1. The summed E-state index contributed by atoms with van der Waals surface area (Å²) in [6, 6.07) is 5.68. The number of benzene rings is 1. The molecule has 5 heteroatoms. The van der Waals surface area contributed by atoms with Crippen LogP contribution in [-0.2, 0) is 7.05 Å². The van der Waals surface area contributed by atoms with E-state index < -0.39 is 0 Å². The van der Waals surface area contributed by atoms with Crippen molar-refractivity contribution in [3.8, 4) is 0 Å². The highest BCUT2D eigenvalue weighted by molar-refractivity contribution is 6.02. The van der Waals surface area contributed by atoms with Crippen LogP contribution in [0.1, 0.15) is 10.4 Å². The SMILES string of the molecule is CN1CCNCC1C(=O)c1ccc2c(c1)ncn2C. The molecule has 100 valence electrons. The normalized spacial score (nSPS) is 20.8. The van der Waals surface area contributed by atoms with Crippen LogP contribution in [0.2, 0.25) is 0 Å². The zero-order chi connectivity index (χ0) is 13.4. The second-order valence-electron chi connectivity index (χ2n) is 5.12. The molecule has 1 aliphatic rings. The van der Waals surface area contributed by atoms with Gasteiger partial charge >= 0.3 is 0 Å². The van der Waals surface area contributed by atoms with Gasteiger partial charge in [0.1, 0.15) is 0 Å². The Labute approximate surface area is 112 Å². The lowest BCUT2D eigenvalue weighted by molar-refractivity contribution is 0.0819. The summed E-state index contributed by atoms with van der Waals surface area (Å²) in [6.45, 7) is 2.57. The van der Waals surface area contributed by atoms with E-state index in [1.54, 1.807) is 6.33 Å². The first-order valence-corrected chi connectivity index (χ1v) is 6.53. The van der Waals surface area contributed by atoms with Gasteiger partial charge in [0.2, 0.25) is 0 Å². The quantitative estimate of drug-likeness (QED) is 0.804. The van der Waals surface area contributed by atoms with Crippen molar-refractivity contribution in [1.29, 1.82) is 0 Å². The Morgan fingerprint density at radius 3 is 3.05 bits per heavy atom. The van der Waals surface area contributed by atoms with Gasteiger partial charge in [-0.25, -0.2) is 4.98 Å². The van der Waals surface area contributed by atoms with Crippen molar-refractivity contribution in [1.82, 2.24) is 19.8 Å². The summed E-state index contributed by atoms with van der Waals surface area (Å²) in [5, 5.41) is 3.27. The molecule has 3 rings (SSSR count). The molecular weight excluding hydrogens is 240 g/mol. The molecule has 0 radical (unpaired) electrons. The number of Topliss-reactive ketones (excluding diaryl/α,β-unsaturated/α-hetero) is 1. The van der Waals surface area contributed by atoms with Gasteiger partial charge in [-0.05, 0) is 25.2 Å². The van der Waals surface area contributed by atoms with E-state index in [0.717, 1.165) is 36.2 Å². The second kappa shape index (κ2) is 4.75. The summed E-state index contributed by atoms with van der Waals surface area (Å²) < 4.78 is 1.96. The average Bonchev–Trinajstić information content (AvgIpc) is 2.80. The molecule has 1 saturated heterocycles. The smallest absolute Gasteiger partial charge is 0.181 e. The molecule has 0 spiro atoms. The molecule has 2 heterocycles. The van der Waals surface area contributed by atoms with Crippen LogP contribution in [-0.4, -0.2) is 53.0 Å². The number of carbonyl (C=O) groups excluding carboxylic acids is 1. The fourth-order valence-electron chi connectivity index (χ4n) is 2.58. The highest BCUT2D eigenvalue weighted by Crippen LogP contribution is 2.16. The number of aromatic nitrogens is 2. The van der Waals surface area contributed by atoms with E-state index in [-0.39, 0.29) is 11.8 Å². The minimum atomic E-state index is -0.0742. The molecule has 0 saturated carbocycles. The minimum Gasteiger partial charge on any atom is -0.334 e. The summed E-state index contributed by atoms with van der Waals surface area (Å²) in [6.07, 6.45) is 1.77. The van der Waals surface area contributed by atoms with Crippen LogP contribution < -0.4 is 5.32 Å². The number of nitrogens with zero attached hydrogens (tertiary/aromatic N) is 3. The number of imidazole rings is 1. The van der Waals surface area contributed by atoms with E-state index >= 15 is 0 Å². The van der Waals surface area contributed by atoms with E-state index in [0.29, 0.717) is 0 Å². The average molecular weight is 258 g/mol. The number of nitrogens with one attached hydrogen (secondary N) is 1. The maximum atomic E-state index is 12.5. The zero-order valence-electron chi connectivity index (χ0n) is 11.3. The third-order valence-electron chi connectivity index (χ3n) is 3.82. The van der Waals surface area contributed by atoms with Crippen LogP contribution in [0.25, 0.3) is 11.0 Å². The molecule has 1 N–H and O–H groups in total. The Morgan fingerprint density at radius 1 is 1.42 bits per heavy atom. The molecule has 5 nitrogen and oxygen atoms in total. The van der Waals surface area contributed by atoms with Crippen LogP contribution in [0.15, 0.2) is 24.5 Å². The lowest BCUT2D eigenvalue weighted by Crippen LogP contribution is -2.53. The summed E-state index contributed by atoms with van der Waals surface area (Å²) in [5.41, 5.74) is 2.66. The van der Waals surface area contributed by atoms with E-state index in [2.05, 4.69) is 15.2 Å². The fourth-order valence-corrected chi connectivity index (χ4v) is 2.58. The molecule has 0 aliphatic carbocycles. The number of aryl methyl sites for hydroxylation is 1. The first kappa shape index (κ1) is 12.3. The van der Waals surface area contributed by atoms with Gasteiger partial charge < -0.3 is 9.88 Å². The van der Waals surface area contributed by atoms with Crippen LogP contribution in [0.5, 0.6) is 0 Å². The van der Waals surface area contributed by atoms with Crippen molar-refractivity contribution in [3.63, 3.8) is 0 Å². The number of fused-ring (bicyclic) bond motifs is 1. The highest BCUT2D eigenvalue weighted by atomic mass is 16.1. The van der Waals surface area contributed by atoms with Crippen LogP contribution in [0.3, 0.4) is 0 Å². The summed E-state index contributed by atoms with van der Waals surface area (Å²) in [4.78, 5) is 19.0. The van der Waals surface area contributed by atoms with E-state index in [9.17, 15) is 4.79 Å². The van der Waals surface area contributed by atoms with Gasteiger partial charge in [-0.3, -0.25) is 9.69 Å². The molecule has 1 aliphatic heterocycles. The molecule has 1 aromatic heterocycles. The molecule has 19 heavy (non-hydrogen) atoms. The van der Waals surface area contributed by atoms with Crippen molar-refractivity contribution in [2.45, 2.75) is 6.04 Å². The molecule has 0 bridgehead atoms. The molecule has 1 aromatic carbocycles. The van der Waals surface area contributed by atoms with Gasteiger partial charge in [-0.1, -0.05) is 0 Å². The minimum absolute atomic E-state index is 0.0742. The Hall–Kier alpha value is -1.72. The first-order chi connectivity index (χ1) is 9.16. The van der Waals surface area contributed by atoms with Crippen LogP contribution in [0, 0.1) is 0 Å². The van der Waals surface area contributed by atoms with Gasteiger partial charge in [0.05, 0.1) is 23.4 Å². The molecule has 0 amide bonds. The van der Waals surface area contributed by atoms with E-state index in [1.165, 1.54) is 0 Å². The monoisotopic (exact) mass is 258 g/mol. The Bertz CT molecular complexity index is 619. The Balaban J connectivity index is 1.92. The predicted octanol–water partition coefficient (Wildman–Crippen LogP) is 0.660. The van der Waals surface area contributed by atoms with Gasteiger partial charge in [0.25, 0.3) is 0 Å². The van der Waals surface area contributed by atoms with Crippen molar-refractivity contribution in [2.75, 3.05) is 26.7 Å². The van der Waals surface area contributed by atoms with Crippen LogP contribution in [0.4, 0.5) is 0 Å². The van der Waals surface area contributed by atoms with Gasteiger partial charge in [-0.2, -0.15) is 0 Å². The van der Waals surface area contributed by atoms with Crippen molar-refractivity contribution >= 4 is 16.8 Å². The lowest BCUT2D eigenvalue weighted by Gasteiger charge is -2.31. The van der Waals surface area contributed by atoms with Crippen molar-refractivity contribution in [3.05, 3.63) is 30.1 Å². The van der Waals surface area contributed by atoms with Gasteiger partial charge in [-0.15, -0.1) is 0 Å². The zero-order valence-corrected chi connectivity index (χ0v) is 11.3. The summed E-state index contributed by atoms with van der Waals surface area (Å²) in [7, 11) is 3.96. The topological polar surface area (TPSA) is 50.2 Å². The highest BCUT2D eigenvalue weighted by Gasteiger charge is 2.26. The molecule has 2 aromatic rings. The third-order valence-corrected chi connectivity index (χ3v) is 3.82. The standard InChI is InChI=1S/C14H18N4O/c1-17-6-5-15-8-13(17)14(19)10-3-4-12-11(7-10)16-9-18(12)2/h3-4,7,9,13,15H,5-6,8H2,1-2H3. The van der Waals surface area contributed by atoms with Gasteiger partial charge in [0.15, 0.2) is 5.78 Å². The number of ketones is 1. The Morgan fingerprint density at radius 2 is 2.26 bits per heavy atom. The maximum absolute atomic E-state index is 12.5. The number of rotatable bonds is 2. The largest absolute Gasteiger partial charge is 0.334 e. The van der Waals surface area contributed by atoms with E-state index in [1.807, 2.05) is 36.9 Å². The number of hydrogen-bond acceptors (Lipinski definition) is 4. The number of carbonyl (C=O) groups is 1. The van der Waals surface area contributed by atoms with Crippen LogP contribution >= 0.6 is 0 Å². The van der Waals surface area contributed by atoms with Crippen molar-refractivity contribution < 1.29 is 4.79 Å². The predicted molar refractivity (Wildman–Crippen MR) is 74.3 cm³/mol. The lowest BCUT2D eigenvalue weighted by atomic mass is 10.0. The van der Waals surface area contributed by atoms with Crippen molar-refractivity contribution in [2.24, 2.45) is 7.05 Å². The summed E-state index contributed by atoms with van der Waals surface area (Å²) in [5.74, 6) is 0.169. The second-order valence-corrected chi connectivity index (χ2v) is 5.12. The molecule has 1 atom stereocenters. The van der Waals surface area contributed by atoms with Gasteiger partial charge in [0, 0.05) is 32.2 Å². The fraction of sp³-hybridized carbons (Fsp3) is 0.429. The first-order valence-electron chi connectivity index (χ1n) is 6.53. The Kier molecular flexibility index (Phi) is 3.08. The maximum Gasteiger partial charge on any atom is 0.181 e. The summed E-state index contributed by atoms with van der Waals surface area (Å²) >= 11 is 0. The molecule has 1 unspecified atom stereocenters.